The number of likely N-dealkylation sites (N-methyl/N-ethyl adjacent to an activating group) is 1. The van der Waals surface area contributed by atoms with E-state index in [9.17, 15) is 4.79 Å². The van der Waals surface area contributed by atoms with Gasteiger partial charge < -0.3 is 24.7 Å². The highest BCUT2D eigenvalue weighted by molar-refractivity contribution is 5.73. The topological polar surface area (TPSA) is 70.0 Å². The molecule has 7 heteroatoms. The molecule has 0 radical (unpaired) electrons. The van der Waals surface area contributed by atoms with Gasteiger partial charge in [-0.1, -0.05) is 6.07 Å². The molecule has 0 spiro atoms. The number of ether oxygens (including phenoxy) is 1. The first-order valence-electron chi connectivity index (χ1n) is 9.67. The van der Waals surface area contributed by atoms with Crippen LogP contribution in [0.4, 0.5) is 10.5 Å². The molecule has 28 heavy (non-hydrogen) atoms. The van der Waals surface area contributed by atoms with Gasteiger partial charge in [-0.25, -0.2) is 4.79 Å². The maximum atomic E-state index is 12.2. The van der Waals surface area contributed by atoms with Crippen molar-refractivity contribution in [2.24, 2.45) is 5.92 Å². The highest BCUT2D eigenvalue weighted by Gasteiger charge is 2.24. The summed E-state index contributed by atoms with van der Waals surface area (Å²) < 4.78 is 10.8. The van der Waals surface area contributed by atoms with E-state index in [1.54, 1.807) is 13.4 Å². The van der Waals surface area contributed by atoms with Gasteiger partial charge in [0.2, 0.25) is 0 Å². The molecule has 7 nitrogen and oxygen atoms in total. The molecule has 2 unspecified atom stereocenters. The summed E-state index contributed by atoms with van der Waals surface area (Å²) in [7, 11) is 5.62. The molecule has 1 aliphatic rings. The normalized spacial score (nSPS) is 17.6. The van der Waals surface area contributed by atoms with Crippen LogP contribution in [0.25, 0.3) is 0 Å². The van der Waals surface area contributed by atoms with Crippen LogP contribution in [0.2, 0.25) is 0 Å². The third kappa shape index (κ3) is 5.19. The van der Waals surface area contributed by atoms with Crippen LogP contribution in [0, 0.1) is 5.92 Å². The van der Waals surface area contributed by atoms with Crippen LogP contribution < -0.4 is 20.3 Å². The standard InChI is InChI=1S/C21H30N4O3/c1-24(2)19(20-8-5-11-28-20)14-23-21(26)22-13-16-9-10-25(15-16)17-6-4-7-18(12-17)27-3/h4-8,11-12,16,19H,9-10,13-15H2,1-3H3,(H2,22,23,26). The van der Waals surface area contributed by atoms with E-state index in [2.05, 4.69) is 27.7 Å². The van der Waals surface area contributed by atoms with Crippen molar-refractivity contribution in [3.05, 3.63) is 48.4 Å². The van der Waals surface area contributed by atoms with Gasteiger partial charge in [0.05, 0.1) is 19.4 Å². The Morgan fingerprint density at radius 3 is 2.89 bits per heavy atom. The Bertz CT molecular complexity index is 748. The lowest BCUT2D eigenvalue weighted by molar-refractivity contribution is 0.224. The number of furan rings is 1. The molecule has 152 valence electrons. The highest BCUT2D eigenvalue weighted by Crippen LogP contribution is 2.26. The van der Waals surface area contributed by atoms with Crippen LogP contribution in [0.3, 0.4) is 0 Å². The maximum absolute atomic E-state index is 12.2. The smallest absolute Gasteiger partial charge is 0.314 e. The molecule has 2 heterocycles. The Hall–Kier alpha value is -2.67. The van der Waals surface area contributed by atoms with Crippen LogP contribution in [0.1, 0.15) is 18.2 Å². The Kier molecular flexibility index (Phi) is 6.81. The minimum atomic E-state index is -0.141. The fourth-order valence-electron chi connectivity index (χ4n) is 3.55. The Morgan fingerprint density at radius 1 is 1.32 bits per heavy atom. The van der Waals surface area contributed by atoms with E-state index in [0.717, 1.165) is 31.0 Å². The molecule has 2 atom stereocenters. The van der Waals surface area contributed by atoms with Crippen molar-refractivity contribution in [3.8, 4) is 5.75 Å². The first kappa shape index (κ1) is 20.1. The summed E-state index contributed by atoms with van der Waals surface area (Å²) in [6.45, 7) is 3.08. The van der Waals surface area contributed by atoms with E-state index < -0.39 is 0 Å². The van der Waals surface area contributed by atoms with E-state index in [1.807, 2.05) is 43.3 Å². The summed E-state index contributed by atoms with van der Waals surface area (Å²) in [6, 6.07) is 11.8. The number of nitrogens with zero attached hydrogens (tertiary/aromatic N) is 2. The number of urea groups is 1. The zero-order valence-electron chi connectivity index (χ0n) is 16.9. The third-order valence-corrected chi connectivity index (χ3v) is 5.21. The zero-order valence-corrected chi connectivity index (χ0v) is 16.9. The molecule has 2 N–H and O–H groups in total. The second-order valence-corrected chi connectivity index (χ2v) is 7.39. The van der Waals surface area contributed by atoms with Crippen LogP contribution in [0.15, 0.2) is 47.1 Å². The average Bonchev–Trinajstić information content (AvgIpc) is 3.38. The van der Waals surface area contributed by atoms with Gasteiger partial charge in [0.1, 0.15) is 11.5 Å². The molecular formula is C21H30N4O3. The summed E-state index contributed by atoms with van der Waals surface area (Å²) in [4.78, 5) is 16.6. The fourth-order valence-corrected chi connectivity index (χ4v) is 3.55. The van der Waals surface area contributed by atoms with E-state index >= 15 is 0 Å². The Morgan fingerprint density at radius 2 is 2.18 bits per heavy atom. The SMILES string of the molecule is COc1cccc(N2CCC(CNC(=O)NCC(c3ccco3)N(C)C)C2)c1. The molecule has 2 aromatic rings. The molecule has 3 rings (SSSR count). The Labute approximate surface area is 166 Å². The van der Waals surface area contributed by atoms with E-state index in [1.165, 1.54) is 5.69 Å². The second kappa shape index (κ2) is 9.50. The van der Waals surface area contributed by atoms with Crippen molar-refractivity contribution in [1.82, 2.24) is 15.5 Å². The van der Waals surface area contributed by atoms with Crippen LogP contribution in [-0.2, 0) is 0 Å². The molecule has 1 saturated heterocycles. The number of nitrogens with one attached hydrogen (secondary N) is 2. The lowest BCUT2D eigenvalue weighted by Crippen LogP contribution is -2.42. The van der Waals surface area contributed by atoms with Crippen LogP contribution in [0.5, 0.6) is 5.75 Å². The van der Waals surface area contributed by atoms with Gasteiger partial charge in [0, 0.05) is 37.9 Å². The molecule has 1 fully saturated rings. The number of amides is 2. The molecule has 0 aliphatic carbocycles. The van der Waals surface area contributed by atoms with Crippen molar-refractivity contribution >= 4 is 11.7 Å². The predicted molar refractivity (Wildman–Crippen MR) is 110 cm³/mol. The van der Waals surface area contributed by atoms with Crippen LogP contribution in [-0.4, -0.2) is 58.3 Å². The molecule has 1 aliphatic heterocycles. The van der Waals surface area contributed by atoms with Gasteiger partial charge in [-0.05, 0) is 50.7 Å². The molecule has 0 bridgehead atoms. The number of methoxy groups -OCH3 is 1. The number of rotatable bonds is 8. The molecular weight excluding hydrogens is 356 g/mol. The predicted octanol–water partition coefficient (Wildman–Crippen LogP) is 2.72. The summed E-state index contributed by atoms with van der Waals surface area (Å²) in [6.07, 6.45) is 2.71. The highest BCUT2D eigenvalue weighted by atomic mass is 16.5. The summed E-state index contributed by atoms with van der Waals surface area (Å²) in [5, 5.41) is 5.96. The zero-order chi connectivity index (χ0) is 19.9. The molecule has 2 amide bonds. The molecule has 1 aromatic heterocycles. The lowest BCUT2D eigenvalue weighted by atomic mass is 10.1. The number of hydrogen-bond acceptors (Lipinski definition) is 5. The van der Waals surface area contributed by atoms with Crippen molar-refractivity contribution in [2.75, 3.05) is 52.3 Å². The van der Waals surface area contributed by atoms with Crippen molar-refractivity contribution in [2.45, 2.75) is 12.5 Å². The Balaban J connectivity index is 1.42. The quantitative estimate of drug-likeness (QED) is 0.730. The number of hydrogen-bond donors (Lipinski definition) is 2. The third-order valence-electron chi connectivity index (χ3n) is 5.21. The van der Waals surface area contributed by atoms with Crippen molar-refractivity contribution < 1.29 is 13.9 Å². The minimum Gasteiger partial charge on any atom is -0.497 e. The summed E-state index contributed by atoms with van der Waals surface area (Å²) >= 11 is 0. The van der Waals surface area contributed by atoms with Gasteiger partial charge in [-0.3, -0.25) is 4.90 Å². The van der Waals surface area contributed by atoms with Crippen molar-refractivity contribution in [1.29, 1.82) is 0 Å². The number of anilines is 1. The van der Waals surface area contributed by atoms with Gasteiger partial charge in [0.15, 0.2) is 0 Å². The second-order valence-electron chi connectivity index (χ2n) is 7.39. The van der Waals surface area contributed by atoms with Gasteiger partial charge in [-0.15, -0.1) is 0 Å². The first-order valence-corrected chi connectivity index (χ1v) is 9.67. The largest absolute Gasteiger partial charge is 0.497 e. The van der Waals surface area contributed by atoms with E-state index in [4.69, 9.17) is 9.15 Å². The first-order chi connectivity index (χ1) is 13.6. The average molecular weight is 386 g/mol. The van der Waals surface area contributed by atoms with E-state index in [0.29, 0.717) is 19.0 Å². The number of carbonyl (C=O) groups excluding carboxylic acids is 1. The lowest BCUT2D eigenvalue weighted by Gasteiger charge is -2.23. The molecule has 0 saturated carbocycles. The summed E-state index contributed by atoms with van der Waals surface area (Å²) in [5.41, 5.74) is 1.17. The van der Waals surface area contributed by atoms with Gasteiger partial charge in [-0.2, -0.15) is 0 Å². The van der Waals surface area contributed by atoms with Crippen molar-refractivity contribution in [3.63, 3.8) is 0 Å². The van der Waals surface area contributed by atoms with Gasteiger partial charge >= 0.3 is 6.03 Å². The number of benzene rings is 1. The van der Waals surface area contributed by atoms with Crippen LogP contribution >= 0.6 is 0 Å². The maximum Gasteiger partial charge on any atom is 0.314 e. The monoisotopic (exact) mass is 386 g/mol. The molecule has 1 aromatic carbocycles. The fraction of sp³-hybridized carbons (Fsp3) is 0.476. The summed E-state index contributed by atoms with van der Waals surface area (Å²) in [5.74, 6) is 2.15. The minimum absolute atomic E-state index is 0.00998. The number of carbonyl (C=O) groups is 1. The van der Waals surface area contributed by atoms with E-state index in [-0.39, 0.29) is 12.1 Å². The van der Waals surface area contributed by atoms with Gasteiger partial charge in [0.25, 0.3) is 0 Å².